The summed E-state index contributed by atoms with van der Waals surface area (Å²) in [4.78, 5) is 23.9. The summed E-state index contributed by atoms with van der Waals surface area (Å²) in [5.74, 6) is 1.40. The van der Waals surface area contributed by atoms with Crippen LogP contribution >= 0.6 is 0 Å². The second-order valence-corrected chi connectivity index (χ2v) is 5.75. The Hall–Kier alpha value is -3.28. The molecule has 0 atom stereocenters. The molecule has 0 aliphatic carbocycles. The largest absolute Gasteiger partial charge is 0.497 e. The van der Waals surface area contributed by atoms with E-state index in [9.17, 15) is 9.59 Å². The second kappa shape index (κ2) is 6.92. The quantitative estimate of drug-likeness (QED) is 0.475. The molecule has 134 valence electrons. The first-order valence-corrected chi connectivity index (χ1v) is 7.92. The molecule has 6 heteroatoms. The van der Waals surface area contributed by atoms with Gasteiger partial charge in [0.15, 0.2) is 5.76 Å². The number of Topliss-reactive ketones (excluding diaryl/α,β-unsaturated/α-hetero) is 1. The molecule has 0 unspecified atom stereocenters. The van der Waals surface area contributed by atoms with Crippen molar-refractivity contribution in [2.75, 3.05) is 14.2 Å². The van der Waals surface area contributed by atoms with Gasteiger partial charge in [-0.25, -0.2) is 0 Å². The Bertz CT molecular complexity index is 926. The maximum absolute atomic E-state index is 12.7. The molecular weight excluding hydrogens is 336 g/mol. The molecule has 0 radical (unpaired) electrons. The molecule has 0 aromatic heterocycles. The van der Waals surface area contributed by atoms with Crippen LogP contribution in [-0.4, -0.2) is 26.0 Å². The Kier molecular flexibility index (Phi) is 4.67. The summed E-state index contributed by atoms with van der Waals surface area (Å²) in [6.45, 7) is 3.08. The molecule has 1 heterocycles. The van der Waals surface area contributed by atoms with Crippen LogP contribution in [0.4, 0.5) is 0 Å². The average molecular weight is 354 g/mol. The van der Waals surface area contributed by atoms with Gasteiger partial charge >= 0.3 is 5.97 Å². The van der Waals surface area contributed by atoms with Crippen molar-refractivity contribution in [3.63, 3.8) is 0 Å². The summed E-state index contributed by atoms with van der Waals surface area (Å²) in [5.41, 5.74) is 1.78. The van der Waals surface area contributed by atoms with E-state index in [0.29, 0.717) is 39.7 Å². The van der Waals surface area contributed by atoms with Gasteiger partial charge in [-0.15, -0.1) is 0 Å². The Labute approximate surface area is 150 Å². The number of hydrogen-bond acceptors (Lipinski definition) is 6. The molecule has 1 aliphatic rings. The zero-order valence-corrected chi connectivity index (χ0v) is 14.9. The molecule has 3 rings (SSSR count). The van der Waals surface area contributed by atoms with Gasteiger partial charge in [-0.3, -0.25) is 9.59 Å². The second-order valence-electron chi connectivity index (χ2n) is 5.75. The third kappa shape index (κ3) is 3.26. The summed E-state index contributed by atoms with van der Waals surface area (Å²) < 4.78 is 21.4. The summed E-state index contributed by atoms with van der Waals surface area (Å²) in [5, 5.41) is 0. The van der Waals surface area contributed by atoms with E-state index in [-0.39, 0.29) is 11.5 Å². The van der Waals surface area contributed by atoms with Crippen molar-refractivity contribution in [2.45, 2.75) is 13.8 Å². The number of rotatable bonds is 4. The van der Waals surface area contributed by atoms with Crippen molar-refractivity contribution < 1.29 is 28.5 Å². The van der Waals surface area contributed by atoms with Crippen molar-refractivity contribution in [2.24, 2.45) is 0 Å². The first-order valence-electron chi connectivity index (χ1n) is 7.92. The number of hydrogen-bond donors (Lipinski definition) is 0. The highest BCUT2D eigenvalue weighted by molar-refractivity contribution is 6.15. The van der Waals surface area contributed by atoms with Crippen LogP contribution in [0.5, 0.6) is 23.0 Å². The van der Waals surface area contributed by atoms with Crippen LogP contribution in [0, 0.1) is 6.92 Å². The number of methoxy groups -OCH3 is 2. The lowest BCUT2D eigenvalue weighted by molar-refractivity contribution is -0.131. The number of ketones is 1. The molecule has 26 heavy (non-hydrogen) atoms. The SMILES string of the molecule is COc1ccc(OC)c(/C=C2\Oc3cc(OC(C)=O)cc(C)c3C2=O)c1. The van der Waals surface area contributed by atoms with Crippen LogP contribution in [0.1, 0.15) is 28.4 Å². The van der Waals surface area contributed by atoms with E-state index in [0.717, 1.165) is 0 Å². The fourth-order valence-electron chi connectivity index (χ4n) is 2.80. The summed E-state index contributed by atoms with van der Waals surface area (Å²) in [6, 6.07) is 8.44. The molecule has 0 fully saturated rings. The van der Waals surface area contributed by atoms with Crippen LogP contribution in [0.2, 0.25) is 0 Å². The summed E-state index contributed by atoms with van der Waals surface area (Å²) in [7, 11) is 3.11. The summed E-state index contributed by atoms with van der Waals surface area (Å²) >= 11 is 0. The Morgan fingerprint density at radius 2 is 1.85 bits per heavy atom. The maximum atomic E-state index is 12.7. The summed E-state index contributed by atoms with van der Waals surface area (Å²) in [6.07, 6.45) is 1.61. The van der Waals surface area contributed by atoms with E-state index < -0.39 is 5.97 Å². The number of carbonyl (C=O) groups is 2. The van der Waals surface area contributed by atoms with Crippen molar-refractivity contribution >= 4 is 17.8 Å². The minimum atomic E-state index is -0.439. The van der Waals surface area contributed by atoms with Gasteiger partial charge in [-0.05, 0) is 42.8 Å². The first kappa shape index (κ1) is 17.5. The minimum absolute atomic E-state index is 0.162. The van der Waals surface area contributed by atoms with Gasteiger partial charge in [0, 0.05) is 18.6 Å². The van der Waals surface area contributed by atoms with Gasteiger partial charge in [0.1, 0.15) is 23.0 Å². The zero-order chi connectivity index (χ0) is 18.8. The molecule has 2 aromatic carbocycles. The third-order valence-electron chi connectivity index (χ3n) is 3.93. The molecule has 0 N–H and O–H groups in total. The molecule has 0 saturated heterocycles. The standard InChI is InChI=1S/C20H18O6/c1-11-7-15(25-12(2)21)10-17-19(11)20(22)18(26-17)9-13-8-14(23-3)5-6-16(13)24-4/h5-10H,1-4H3/b18-9-. The van der Waals surface area contributed by atoms with E-state index in [2.05, 4.69) is 0 Å². The lowest BCUT2D eigenvalue weighted by Crippen LogP contribution is -2.02. The normalized spacial score (nSPS) is 14.0. The van der Waals surface area contributed by atoms with Gasteiger partial charge in [-0.1, -0.05) is 0 Å². The number of esters is 1. The van der Waals surface area contributed by atoms with E-state index in [4.69, 9.17) is 18.9 Å². The average Bonchev–Trinajstić information content (AvgIpc) is 2.90. The van der Waals surface area contributed by atoms with Gasteiger partial charge in [0.05, 0.1) is 19.8 Å². The van der Waals surface area contributed by atoms with E-state index >= 15 is 0 Å². The van der Waals surface area contributed by atoms with Gasteiger partial charge in [0.2, 0.25) is 5.78 Å². The number of ether oxygens (including phenoxy) is 4. The molecule has 1 aliphatic heterocycles. The zero-order valence-electron chi connectivity index (χ0n) is 14.9. The molecule has 2 aromatic rings. The molecule has 6 nitrogen and oxygen atoms in total. The topological polar surface area (TPSA) is 71.1 Å². The third-order valence-corrected chi connectivity index (χ3v) is 3.93. The predicted octanol–water partition coefficient (Wildman–Crippen LogP) is 3.55. The van der Waals surface area contributed by atoms with Crippen molar-refractivity contribution in [3.05, 3.63) is 52.8 Å². The monoisotopic (exact) mass is 354 g/mol. The highest BCUT2D eigenvalue weighted by atomic mass is 16.5. The lowest BCUT2D eigenvalue weighted by atomic mass is 10.0. The molecule has 0 spiro atoms. The predicted molar refractivity (Wildman–Crippen MR) is 95.0 cm³/mol. The Balaban J connectivity index is 2.01. The van der Waals surface area contributed by atoms with Crippen LogP contribution in [0.3, 0.4) is 0 Å². The number of benzene rings is 2. The molecule has 0 saturated carbocycles. The van der Waals surface area contributed by atoms with Crippen molar-refractivity contribution in [1.82, 2.24) is 0 Å². The molecule has 0 amide bonds. The van der Waals surface area contributed by atoms with E-state index in [1.807, 2.05) is 0 Å². The molecule has 0 bridgehead atoms. The Morgan fingerprint density at radius 3 is 2.50 bits per heavy atom. The highest BCUT2D eigenvalue weighted by Gasteiger charge is 2.30. The van der Waals surface area contributed by atoms with Crippen LogP contribution < -0.4 is 18.9 Å². The highest BCUT2D eigenvalue weighted by Crippen LogP contribution is 2.38. The van der Waals surface area contributed by atoms with E-state index in [1.165, 1.54) is 13.0 Å². The van der Waals surface area contributed by atoms with Gasteiger partial charge in [0.25, 0.3) is 0 Å². The number of allylic oxidation sites excluding steroid dienone is 1. The fourth-order valence-corrected chi connectivity index (χ4v) is 2.80. The first-order chi connectivity index (χ1) is 12.4. The van der Waals surface area contributed by atoms with Crippen LogP contribution in [0.15, 0.2) is 36.1 Å². The van der Waals surface area contributed by atoms with Crippen molar-refractivity contribution in [1.29, 1.82) is 0 Å². The van der Waals surface area contributed by atoms with Gasteiger partial charge in [-0.2, -0.15) is 0 Å². The van der Waals surface area contributed by atoms with Gasteiger partial charge < -0.3 is 18.9 Å². The smallest absolute Gasteiger partial charge is 0.308 e. The van der Waals surface area contributed by atoms with Crippen molar-refractivity contribution in [3.8, 4) is 23.0 Å². The minimum Gasteiger partial charge on any atom is -0.497 e. The Morgan fingerprint density at radius 1 is 1.08 bits per heavy atom. The number of aryl methyl sites for hydroxylation is 1. The van der Waals surface area contributed by atoms with Crippen LogP contribution in [-0.2, 0) is 4.79 Å². The lowest BCUT2D eigenvalue weighted by Gasteiger charge is -2.08. The fraction of sp³-hybridized carbons (Fsp3) is 0.200. The number of carbonyl (C=O) groups excluding carboxylic acids is 2. The molecular formula is C20H18O6. The van der Waals surface area contributed by atoms with Crippen LogP contribution in [0.25, 0.3) is 6.08 Å². The van der Waals surface area contributed by atoms with E-state index in [1.54, 1.807) is 51.5 Å². The maximum Gasteiger partial charge on any atom is 0.308 e. The number of fused-ring (bicyclic) bond motifs is 1.